The van der Waals surface area contributed by atoms with Gasteiger partial charge >= 0.3 is 5.69 Å². The molecule has 2 N–H and O–H groups in total. The van der Waals surface area contributed by atoms with E-state index in [0.29, 0.717) is 29.7 Å². The first kappa shape index (κ1) is 20.7. The number of carbonyl (C=O) groups excluding carboxylic acids is 1. The summed E-state index contributed by atoms with van der Waals surface area (Å²) in [7, 11) is 0. The Bertz CT molecular complexity index is 1130. The molecule has 1 aromatic carbocycles. The molecular weight excluding hydrogens is 370 g/mol. The molecule has 2 heterocycles. The Balaban J connectivity index is 1.87. The molecule has 0 fully saturated rings. The SMILES string of the molecule is CCCCCCC(=O)Nc1ccc2nc3c(=O)n(CCCC)c(=O)[nH]c3nc2c1. The molecule has 0 spiro atoms. The van der Waals surface area contributed by atoms with Gasteiger partial charge in [-0.3, -0.25) is 19.1 Å². The number of H-pyrrole nitrogens is 1. The fourth-order valence-corrected chi connectivity index (χ4v) is 3.21. The summed E-state index contributed by atoms with van der Waals surface area (Å²) < 4.78 is 1.17. The van der Waals surface area contributed by atoms with Gasteiger partial charge in [-0.05, 0) is 31.0 Å². The molecule has 154 valence electrons. The second-order valence-corrected chi connectivity index (χ2v) is 7.22. The Morgan fingerprint density at radius 3 is 2.59 bits per heavy atom. The van der Waals surface area contributed by atoms with Crippen molar-refractivity contribution in [2.24, 2.45) is 0 Å². The van der Waals surface area contributed by atoms with Crippen LogP contribution in [0.15, 0.2) is 27.8 Å². The van der Waals surface area contributed by atoms with E-state index in [0.717, 1.165) is 38.5 Å². The minimum Gasteiger partial charge on any atom is -0.326 e. The maximum absolute atomic E-state index is 12.6. The number of anilines is 1. The van der Waals surface area contributed by atoms with Crippen molar-refractivity contribution in [1.29, 1.82) is 0 Å². The summed E-state index contributed by atoms with van der Waals surface area (Å²) >= 11 is 0. The Morgan fingerprint density at radius 2 is 1.83 bits per heavy atom. The number of nitrogens with zero attached hydrogens (tertiary/aromatic N) is 3. The monoisotopic (exact) mass is 397 g/mol. The van der Waals surface area contributed by atoms with Gasteiger partial charge < -0.3 is 5.32 Å². The van der Waals surface area contributed by atoms with Crippen LogP contribution >= 0.6 is 0 Å². The van der Waals surface area contributed by atoms with Gasteiger partial charge in [-0.1, -0.05) is 39.5 Å². The third kappa shape index (κ3) is 4.88. The standard InChI is InChI=1S/C21H27N5O3/c1-3-5-7-8-9-17(27)22-14-10-11-15-16(13-14)24-19-18(23-15)20(28)26(12-6-4-2)21(29)25-19/h10-11,13H,3-9,12H2,1-2H3,(H,22,27)(H,24,25,29). The molecule has 0 atom stereocenters. The lowest BCUT2D eigenvalue weighted by Crippen LogP contribution is -2.35. The Labute approximate surface area is 168 Å². The van der Waals surface area contributed by atoms with Crippen molar-refractivity contribution in [2.75, 3.05) is 5.32 Å². The maximum atomic E-state index is 12.6. The number of unbranched alkanes of at least 4 members (excludes halogenated alkanes) is 4. The summed E-state index contributed by atoms with van der Waals surface area (Å²) in [5, 5.41) is 2.87. The molecule has 1 amide bonds. The first-order valence-corrected chi connectivity index (χ1v) is 10.3. The van der Waals surface area contributed by atoms with Crippen molar-refractivity contribution in [2.45, 2.75) is 65.3 Å². The molecule has 3 rings (SSSR count). The predicted molar refractivity (Wildman–Crippen MR) is 114 cm³/mol. The van der Waals surface area contributed by atoms with E-state index in [1.165, 1.54) is 4.57 Å². The second-order valence-electron chi connectivity index (χ2n) is 7.22. The van der Waals surface area contributed by atoms with Crippen LogP contribution in [0.2, 0.25) is 0 Å². The molecule has 0 aliphatic heterocycles. The highest BCUT2D eigenvalue weighted by atomic mass is 16.2. The van der Waals surface area contributed by atoms with E-state index in [9.17, 15) is 14.4 Å². The van der Waals surface area contributed by atoms with Crippen LogP contribution in [0.3, 0.4) is 0 Å². The number of hydrogen-bond donors (Lipinski definition) is 2. The zero-order valence-electron chi connectivity index (χ0n) is 17.0. The van der Waals surface area contributed by atoms with E-state index >= 15 is 0 Å². The largest absolute Gasteiger partial charge is 0.330 e. The highest BCUT2D eigenvalue weighted by molar-refractivity contribution is 5.93. The van der Waals surface area contributed by atoms with Crippen molar-refractivity contribution in [3.8, 4) is 0 Å². The molecule has 0 radical (unpaired) electrons. The van der Waals surface area contributed by atoms with Gasteiger partial charge in [0.2, 0.25) is 5.91 Å². The zero-order chi connectivity index (χ0) is 20.8. The summed E-state index contributed by atoms with van der Waals surface area (Å²) in [5.74, 6) is -0.0404. The molecule has 0 unspecified atom stereocenters. The minimum absolute atomic E-state index is 0.0404. The van der Waals surface area contributed by atoms with Crippen LogP contribution < -0.4 is 16.6 Å². The fraction of sp³-hybridized carbons (Fsp3) is 0.476. The molecule has 3 aromatic rings. The highest BCUT2D eigenvalue weighted by Crippen LogP contribution is 2.18. The van der Waals surface area contributed by atoms with Gasteiger partial charge in [-0.25, -0.2) is 14.8 Å². The van der Waals surface area contributed by atoms with Crippen LogP contribution in [-0.4, -0.2) is 25.4 Å². The van der Waals surface area contributed by atoms with Crippen molar-refractivity contribution < 1.29 is 4.79 Å². The van der Waals surface area contributed by atoms with Crippen molar-refractivity contribution in [1.82, 2.24) is 19.5 Å². The molecule has 0 saturated heterocycles. The summed E-state index contributed by atoms with van der Waals surface area (Å²) in [6.07, 6.45) is 6.25. The average Bonchev–Trinajstić information content (AvgIpc) is 2.70. The lowest BCUT2D eigenvalue weighted by Gasteiger charge is -2.08. The molecular formula is C21H27N5O3. The Morgan fingerprint density at radius 1 is 1.03 bits per heavy atom. The topological polar surface area (TPSA) is 110 Å². The van der Waals surface area contributed by atoms with Crippen LogP contribution in [0.4, 0.5) is 5.69 Å². The molecule has 0 aliphatic carbocycles. The van der Waals surface area contributed by atoms with E-state index in [-0.39, 0.29) is 17.1 Å². The number of aromatic nitrogens is 4. The smallest absolute Gasteiger partial charge is 0.326 e. The number of rotatable bonds is 9. The van der Waals surface area contributed by atoms with E-state index in [1.807, 2.05) is 6.92 Å². The lowest BCUT2D eigenvalue weighted by atomic mass is 10.1. The fourth-order valence-electron chi connectivity index (χ4n) is 3.21. The summed E-state index contributed by atoms with van der Waals surface area (Å²) in [6, 6.07) is 5.16. The predicted octanol–water partition coefficient (Wildman–Crippen LogP) is 3.34. The van der Waals surface area contributed by atoms with E-state index < -0.39 is 11.2 Å². The second kappa shape index (κ2) is 9.45. The van der Waals surface area contributed by atoms with Crippen LogP contribution in [-0.2, 0) is 11.3 Å². The third-order valence-corrected chi connectivity index (χ3v) is 4.86. The Kier molecular flexibility index (Phi) is 6.74. The normalized spacial score (nSPS) is 11.2. The van der Waals surface area contributed by atoms with Crippen molar-refractivity contribution >= 4 is 33.8 Å². The van der Waals surface area contributed by atoms with E-state index in [1.54, 1.807) is 18.2 Å². The quantitative estimate of drug-likeness (QED) is 0.425. The first-order chi connectivity index (χ1) is 14.0. The highest BCUT2D eigenvalue weighted by Gasteiger charge is 2.12. The van der Waals surface area contributed by atoms with Crippen LogP contribution in [0.25, 0.3) is 22.2 Å². The van der Waals surface area contributed by atoms with Gasteiger partial charge in [0.25, 0.3) is 5.56 Å². The molecule has 2 aromatic heterocycles. The molecule has 29 heavy (non-hydrogen) atoms. The average molecular weight is 397 g/mol. The molecule has 0 aliphatic rings. The maximum Gasteiger partial charge on any atom is 0.330 e. The number of fused-ring (bicyclic) bond motifs is 2. The van der Waals surface area contributed by atoms with Gasteiger partial charge in [0, 0.05) is 18.7 Å². The number of nitrogens with one attached hydrogen (secondary N) is 2. The summed E-state index contributed by atoms with van der Waals surface area (Å²) in [5.41, 5.74) is 1.03. The number of hydrogen-bond acceptors (Lipinski definition) is 5. The van der Waals surface area contributed by atoms with Gasteiger partial charge in [0.15, 0.2) is 11.2 Å². The summed E-state index contributed by atoms with van der Waals surface area (Å²) in [6.45, 7) is 4.48. The van der Waals surface area contributed by atoms with Crippen LogP contribution in [0.5, 0.6) is 0 Å². The van der Waals surface area contributed by atoms with Gasteiger partial charge in [-0.2, -0.15) is 0 Å². The van der Waals surface area contributed by atoms with Gasteiger partial charge in [0.1, 0.15) is 0 Å². The minimum atomic E-state index is -0.485. The van der Waals surface area contributed by atoms with Crippen LogP contribution in [0.1, 0.15) is 58.8 Å². The first-order valence-electron chi connectivity index (χ1n) is 10.3. The molecule has 0 saturated carbocycles. The lowest BCUT2D eigenvalue weighted by molar-refractivity contribution is -0.116. The van der Waals surface area contributed by atoms with Gasteiger partial charge in [0.05, 0.1) is 11.0 Å². The molecule has 8 nitrogen and oxygen atoms in total. The Hall–Kier alpha value is -3.03. The van der Waals surface area contributed by atoms with E-state index in [2.05, 4.69) is 27.2 Å². The number of benzene rings is 1. The number of carbonyl (C=O) groups is 1. The van der Waals surface area contributed by atoms with Crippen molar-refractivity contribution in [3.05, 3.63) is 39.0 Å². The summed E-state index contributed by atoms with van der Waals surface area (Å²) in [4.78, 5) is 48.4. The van der Waals surface area contributed by atoms with Gasteiger partial charge in [-0.15, -0.1) is 0 Å². The number of amides is 1. The molecule has 8 heteroatoms. The zero-order valence-corrected chi connectivity index (χ0v) is 17.0. The van der Waals surface area contributed by atoms with Crippen molar-refractivity contribution in [3.63, 3.8) is 0 Å². The number of aromatic amines is 1. The van der Waals surface area contributed by atoms with Crippen LogP contribution in [0, 0.1) is 0 Å². The molecule has 0 bridgehead atoms. The van der Waals surface area contributed by atoms with E-state index in [4.69, 9.17) is 0 Å². The third-order valence-electron chi connectivity index (χ3n) is 4.86.